The number of hydrogen-bond donors (Lipinski definition) is 1. The Kier molecular flexibility index (Phi) is 6.42. The van der Waals surface area contributed by atoms with Crippen LogP contribution in [-0.4, -0.2) is 31.3 Å². The van der Waals surface area contributed by atoms with E-state index < -0.39 is 5.66 Å². The van der Waals surface area contributed by atoms with Gasteiger partial charge in [-0.15, -0.1) is 0 Å². The van der Waals surface area contributed by atoms with Gasteiger partial charge in [0.25, 0.3) is 0 Å². The highest BCUT2D eigenvalue weighted by Gasteiger charge is 2.59. The molecule has 2 heterocycles. The predicted molar refractivity (Wildman–Crippen MR) is 134 cm³/mol. The van der Waals surface area contributed by atoms with E-state index in [-0.39, 0.29) is 11.3 Å². The fourth-order valence-electron chi connectivity index (χ4n) is 5.05. The summed E-state index contributed by atoms with van der Waals surface area (Å²) in [5, 5.41) is 3.29. The second-order valence-electron chi connectivity index (χ2n) is 9.57. The minimum Gasteiger partial charge on any atom is -0.490 e. The second-order valence-corrected chi connectivity index (χ2v) is 9.57. The Balaban J connectivity index is 1.65. The van der Waals surface area contributed by atoms with E-state index in [1.54, 1.807) is 0 Å². The van der Waals surface area contributed by atoms with Gasteiger partial charge in [-0.05, 0) is 55.7 Å². The van der Waals surface area contributed by atoms with Gasteiger partial charge in [0.05, 0.1) is 19.8 Å². The summed E-state index contributed by atoms with van der Waals surface area (Å²) in [5.41, 5.74) is 3.73. The Morgan fingerprint density at radius 1 is 1.06 bits per heavy atom. The number of carbonyl (C=O) groups is 1. The number of hydrogen-bond acceptors (Lipinski definition) is 4. The van der Waals surface area contributed by atoms with Crippen molar-refractivity contribution in [2.75, 3.05) is 24.7 Å². The molecule has 0 radical (unpaired) electrons. The van der Waals surface area contributed by atoms with Crippen LogP contribution in [0.4, 0.5) is 5.69 Å². The molecule has 0 saturated carbocycles. The predicted octanol–water partition coefficient (Wildman–Crippen LogP) is 5.60. The number of ether oxygens (including phenoxy) is 2. The van der Waals surface area contributed by atoms with E-state index in [2.05, 4.69) is 68.3 Å². The van der Waals surface area contributed by atoms with Crippen LogP contribution in [0.1, 0.15) is 63.6 Å². The molecule has 1 amide bonds. The van der Waals surface area contributed by atoms with Gasteiger partial charge in [-0.3, -0.25) is 4.79 Å². The van der Waals surface area contributed by atoms with Crippen LogP contribution in [0, 0.1) is 6.92 Å². The van der Waals surface area contributed by atoms with Crippen LogP contribution in [0.2, 0.25) is 0 Å². The maximum atomic E-state index is 12.5. The lowest BCUT2D eigenvalue weighted by Gasteiger charge is -2.40. The van der Waals surface area contributed by atoms with Crippen molar-refractivity contribution in [2.45, 2.75) is 65.0 Å². The molecule has 2 aliphatic heterocycles. The number of amides is 1. The molecule has 2 aromatic rings. The molecule has 1 atom stereocenters. The van der Waals surface area contributed by atoms with Gasteiger partial charge >= 0.3 is 0 Å². The van der Waals surface area contributed by atoms with Gasteiger partial charge in [0.2, 0.25) is 5.91 Å². The first kappa shape index (κ1) is 23.2. The fourth-order valence-corrected chi connectivity index (χ4v) is 5.05. The summed E-state index contributed by atoms with van der Waals surface area (Å²) in [6.45, 7) is 12.3. The summed E-state index contributed by atoms with van der Waals surface area (Å²) >= 11 is 0. The Morgan fingerprint density at radius 2 is 1.88 bits per heavy atom. The molecule has 1 saturated heterocycles. The van der Waals surface area contributed by atoms with Crippen molar-refractivity contribution in [3.63, 3.8) is 0 Å². The Morgan fingerprint density at radius 3 is 2.64 bits per heavy atom. The lowest BCUT2D eigenvalue weighted by Crippen LogP contribution is -2.58. The maximum Gasteiger partial charge on any atom is 0.241 e. The molecule has 2 aliphatic rings. The first-order valence-corrected chi connectivity index (χ1v) is 12.1. The quantitative estimate of drug-likeness (QED) is 0.507. The summed E-state index contributed by atoms with van der Waals surface area (Å²) in [7, 11) is 0. The van der Waals surface area contributed by atoms with E-state index >= 15 is 0 Å². The number of fused-ring (bicyclic) bond motifs is 3. The Bertz CT molecular complexity index is 1060. The Labute approximate surface area is 197 Å². The number of anilines is 1. The lowest BCUT2D eigenvalue weighted by atomic mass is 9.75. The molecule has 0 aliphatic carbocycles. The lowest BCUT2D eigenvalue weighted by molar-refractivity contribution is -0.118. The third-order valence-corrected chi connectivity index (χ3v) is 6.92. The minimum absolute atomic E-state index is 0.0461. The van der Waals surface area contributed by atoms with E-state index in [4.69, 9.17) is 9.47 Å². The summed E-state index contributed by atoms with van der Waals surface area (Å²) in [4.78, 5) is 14.7. The highest BCUT2D eigenvalue weighted by atomic mass is 16.5. The molecule has 0 spiro atoms. The van der Waals surface area contributed by atoms with Crippen LogP contribution in [-0.2, 0) is 10.2 Å². The van der Waals surface area contributed by atoms with Gasteiger partial charge < -0.3 is 19.7 Å². The van der Waals surface area contributed by atoms with Gasteiger partial charge in [-0.2, -0.15) is 0 Å². The monoisotopic (exact) mass is 448 g/mol. The van der Waals surface area contributed by atoms with Crippen LogP contribution < -0.4 is 19.7 Å². The molecule has 5 heteroatoms. The number of nitrogens with one attached hydrogen (secondary N) is 1. The summed E-state index contributed by atoms with van der Waals surface area (Å²) in [5.74, 6) is 1.58. The van der Waals surface area contributed by atoms with E-state index in [1.807, 2.05) is 25.1 Å². The maximum absolute atomic E-state index is 12.5. The molecule has 0 unspecified atom stereocenters. The normalized spacial score (nSPS) is 20.6. The molecule has 0 bridgehead atoms. The topological polar surface area (TPSA) is 50.8 Å². The number of benzene rings is 2. The Hall–Kier alpha value is -2.95. The number of rotatable bonds is 9. The summed E-state index contributed by atoms with van der Waals surface area (Å²) in [6, 6.07) is 12.5. The van der Waals surface area contributed by atoms with Gasteiger partial charge in [0.15, 0.2) is 11.5 Å². The first-order chi connectivity index (χ1) is 15.8. The van der Waals surface area contributed by atoms with Crippen molar-refractivity contribution in [2.24, 2.45) is 0 Å². The zero-order chi connectivity index (χ0) is 23.6. The van der Waals surface area contributed by atoms with Crippen LogP contribution in [0.15, 0.2) is 42.5 Å². The van der Waals surface area contributed by atoms with Crippen molar-refractivity contribution in [3.05, 3.63) is 59.2 Å². The minimum atomic E-state index is -0.610. The molecule has 33 heavy (non-hydrogen) atoms. The largest absolute Gasteiger partial charge is 0.490 e. The van der Waals surface area contributed by atoms with Crippen molar-refractivity contribution in [1.82, 2.24) is 5.32 Å². The molecular weight excluding hydrogens is 412 g/mol. The highest BCUT2D eigenvalue weighted by Crippen LogP contribution is 2.53. The molecule has 0 aromatic heterocycles. The van der Waals surface area contributed by atoms with Gasteiger partial charge in [0.1, 0.15) is 5.66 Å². The molecule has 2 aromatic carbocycles. The van der Waals surface area contributed by atoms with E-state index in [0.29, 0.717) is 19.8 Å². The average Bonchev–Trinajstić information content (AvgIpc) is 3.21. The third-order valence-electron chi connectivity index (χ3n) is 6.92. The second kappa shape index (κ2) is 9.12. The molecular formula is C28H36N2O3. The van der Waals surface area contributed by atoms with Gasteiger partial charge in [-0.25, -0.2) is 0 Å². The summed E-state index contributed by atoms with van der Waals surface area (Å²) in [6.07, 6.45) is 7.59. The highest BCUT2D eigenvalue weighted by molar-refractivity contribution is 5.91. The number of aryl methyl sites for hydroxylation is 1. The van der Waals surface area contributed by atoms with E-state index in [0.717, 1.165) is 35.6 Å². The number of unbranched alkanes of at least 4 members (excludes halogenated alkanes) is 2. The molecule has 1 fully saturated rings. The van der Waals surface area contributed by atoms with E-state index in [9.17, 15) is 4.79 Å². The van der Waals surface area contributed by atoms with Crippen LogP contribution in [0.5, 0.6) is 11.5 Å². The van der Waals surface area contributed by atoms with Crippen molar-refractivity contribution in [1.29, 1.82) is 0 Å². The van der Waals surface area contributed by atoms with Crippen LogP contribution in [0.25, 0.3) is 6.08 Å². The van der Waals surface area contributed by atoms with Crippen molar-refractivity contribution in [3.8, 4) is 11.5 Å². The van der Waals surface area contributed by atoms with Crippen molar-refractivity contribution >= 4 is 17.7 Å². The first-order valence-electron chi connectivity index (χ1n) is 12.1. The molecule has 1 N–H and O–H groups in total. The zero-order valence-electron chi connectivity index (χ0n) is 20.5. The standard InChI is InChI=1S/C28H36N2O3/c1-6-8-9-16-33-24-13-11-21(18-25(24)32-7-2)14-15-28-27(4,5)22-17-20(3)10-12-23(22)30(28)19-26(31)29-28/h10-15,17-18H,6-9,16,19H2,1-5H3,(H,29,31)/b15-14+/t28-/m0/s1. The van der Waals surface area contributed by atoms with Crippen LogP contribution >= 0.6 is 0 Å². The van der Waals surface area contributed by atoms with Crippen LogP contribution in [0.3, 0.4) is 0 Å². The van der Waals surface area contributed by atoms with Crippen molar-refractivity contribution < 1.29 is 14.3 Å². The number of nitrogens with zero attached hydrogens (tertiary/aromatic N) is 1. The zero-order valence-corrected chi connectivity index (χ0v) is 20.5. The SMILES string of the molecule is CCCCCOc1ccc(/C=C/[C@]23NC(=O)CN2c2ccc(C)cc2C3(C)C)cc1OCC. The average molecular weight is 449 g/mol. The van der Waals surface area contributed by atoms with E-state index in [1.165, 1.54) is 17.5 Å². The fraction of sp³-hybridized carbons (Fsp3) is 0.464. The molecule has 4 rings (SSSR count). The van der Waals surface area contributed by atoms with Gasteiger partial charge in [-0.1, -0.05) is 63.5 Å². The number of carbonyl (C=O) groups excluding carboxylic acids is 1. The summed E-state index contributed by atoms with van der Waals surface area (Å²) < 4.78 is 11.9. The molecule has 5 nitrogen and oxygen atoms in total. The smallest absolute Gasteiger partial charge is 0.241 e. The third kappa shape index (κ3) is 4.09. The molecule has 176 valence electrons. The van der Waals surface area contributed by atoms with Gasteiger partial charge in [0, 0.05) is 11.1 Å².